The molecule has 10 heteroatoms. The summed E-state index contributed by atoms with van der Waals surface area (Å²) in [5, 5.41) is 30.1. The van der Waals surface area contributed by atoms with Crippen LogP contribution in [0.2, 0.25) is 0 Å². The van der Waals surface area contributed by atoms with Gasteiger partial charge in [0.15, 0.2) is 0 Å². The van der Waals surface area contributed by atoms with E-state index < -0.39 is 23.6 Å². The van der Waals surface area contributed by atoms with Crippen molar-refractivity contribution >= 4 is 11.8 Å². The lowest BCUT2D eigenvalue weighted by molar-refractivity contribution is -0.144. The molecule has 2 heterocycles. The molecule has 170 valence electrons. The van der Waals surface area contributed by atoms with Crippen LogP contribution in [-0.4, -0.2) is 62.6 Å². The molecule has 0 radical (unpaired) electrons. The Morgan fingerprint density at radius 3 is 2.75 bits per heavy atom. The van der Waals surface area contributed by atoms with E-state index in [1.54, 1.807) is 30.5 Å². The number of aliphatic hydroxyl groups is 1. The monoisotopic (exact) mass is 440 g/mol. The number of ether oxygens (including phenoxy) is 1. The Morgan fingerprint density at radius 2 is 2.09 bits per heavy atom. The summed E-state index contributed by atoms with van der Waals surface area (Å²) >= 11 is 0. The first-order valence-corrected chi connectivity index (χ1v) is 10.4. The second-order valence-electron chi connectivity index (χ2n) is 8.87. The zero-order valence-corrected chi connectivity index (χ0v) is 18.6. The SMILES string of the molecule is CNC(=O)[C@H]1CC(O)CN1C(=O)C(n1cc(COc2ccccc2C#N)nn1)C(C)(C)C. The molecule has 1 fully saturated rings. The van der Waals surface area contributed by atoms with Gasteiger partial charge in [0.1, 0.15) is 36.2 Å². The van der Waals surface area contributed by atoms with Crippen LogP contribution in [0, 0.1) is 16.7 Å². The third-order valence-corrected chi connectivity index (χ3v) is 5.37. The number of benzene rings is 1. The van der Waals surface area contributed by atoms with Crippen LogP contribution >= 0.6 is 0 Å². The van der Waals surface area contributed by atoms with Gasteiger partial charge in [0.2, 0.25) is 11.8 Å². The van der Waals surface area contributed by atoms with E-state index in [0.29, 0.717) is 17.0 Å². The minimum Gasteiger partial charge on any atom is -0.486 e. The van der Waals surface area contributed by atoms with Crippen LogP contribution in [0.1, 0.15) is 44.5 Å². The molecule has 0 spiro atoms. The largest absolute Gasteiger partial charge is 0.486 e. The number of nitrogens with one attached hydrogen (secondary N) is 1. The van der Waals surface area contributed by atoms with Crippen molar-refractivity contribution in [1.29, 1.82) is 5.26 Å². The summed E-state index contributed by atoms with van der Waals surface area (Å²) in [6.07, 6.45) is 1.06. The second kappa shape index (κ2) is 9.36. The van der Waals surface area contributed by atoms with Crippen molar-refractivity contribution in [2.75, 3.05) is 13.6 Å². The molecular formula is C22H28N6O4. The van der Waals surface area contributed by atoms with Gasteiger partial charge >= 0.3 is 0 Å². The first kappa shape index (κ1) is 23.2. The van der Waals surface area contributed by atoms with Crippen LogP contribution in [0.25, 0.3) is 0 Å². The van der Waals surface area contributed by atoms with Crippen LogP contribution in [-0.2, 0) is 16.2 Å². The van der Waals surface area contributed by atoms with Gasteiger partial charge in [-0.3, -0.25) is 9.59 Å². The molecule has 10 nitrogen and oxygen atoms in total. The molecule has 2 unspecified atom stereocenters. The number of likely N-dealkylation sites (tertiary alicyclic amines) is 1. The van der Waals surface area contributed by atoms with E-state index in [1.165, 1.54) is 16.6 Å². The number of hydrogen-bond acceptors (Lipinski definition) is 7. The zero-order valence-electron chi connectivity index (χ0n) is 18.6. The van der Waals surface area contributed by atoms with Gasteiger partial charge in [0.25, 0.3) is 0 Å². The van der Waals surface area contributed by atoms with Gasteiger partial charge in [-0.15, -0.1) is 5.10 Å². The highest BCUT2D eigenvalue weighted by atomic mass is 16.5. The zero-order chi connectivity index (χ0) is 23.5. The average Bonchev–Trinajstić information content (AvgIpc) is 3.37. The quantitative estimate of drug-likeness (QED) is 0.685. The fourth-order valence-corrected chi connectivity index (χ4v) is 3.85. The van der Waals surface area contributed by atoms with Crippen LogP contribution in [0.3, 0.4) is 0 Å². The van der Waals surface area contributed by atoms with Crippen LogP contribution in [0.15, 0.2) is 30.5 Å². The van der Waals surface area contributed by atoms with Gasteiger partial charge in [-0.2, -0.15) is 5.26 Å². The number of likely N-dealkylation sites (N-methyl/N-ethyl adjacent to an activating group) is 1. The first-order chi connectivity index (χ1) is 15.2. The van der Waals surface area contributed by atoms with E-state index in [1.807, 2.05) is 20.8 Å². The molecule has 1 aromatic carbocycles. The molecule has 2 aromatic rings. The number of para-hydroxylation sites is 1. The van der Waals surface area contributed by atoms with Gasteiger partial charge in [-0.25, -0.2) is 4.68 Å². The molecule has 1 saturated heterocycles. The Morgan fingerprint density at radius 1 is 1.38 bits per heavy atom. The maximum atomic E-state index is 13.5. The van der Waals surface area contributed by atoms with Crippen molar-refractivity contribution in [3.05, 3.63) is 41.7 Å². The van der Waals surface area contributed by atoms with Crippen molar-refractivity contribution in [3.8, 4) is 11.8 Å². The van der Waals surface area contributed by atoms with Crippen LogP contribution in [0.4, 0.5) is 0 Å². The number of carbonyl (C=O) groups is 2. The number of nitrogens with zero attached hydrogens (tertiary/aromatic N) is 5. The van der Waals surface area contributed by atoms with Crippen molar-refractivity contribution in [1.82, 2.24) is 25.2 Å². The van der Waals surface area contributed by atoms with E-state index in [9.17, 15) is 20.0 Å². The number of amides is 2. The van der Waals surface area contributed by atoms with Crippen molar-refractivity contribution in [3.63, 3.8) is 0 Å². The van der Waals surface area contributed by atoms with Crippen LogP contribution < -0.4 is 10.1 Å². The van der Waals surface area contributed by atoms with Gasteiger partial charge in [0, 0.05) is 20.0 Å². The third-order valence-electron chi connectivity index (χ3n) is 5.37. The molecule has 3 rings (SSSR count). The summed E-state index contributed by atoms with van der Waals surface area (Å²) in [4.78, 5) is 27.2. The van der Waals surface area contributed by atoms with Crippen molar-refractivity contribution in [2.45, 2.75) is 52.0 Å². The van der Waals surface area contributed by atoms with Crippen molar-refractivity contribution in [2.24, 2.45) is 5.41 Å². The topological polar surface area (TPSA) is 133 Å². The fourth-order valence-electron chi connectivity index (χ4n) is 3.85. The highest BCUT2D eigenvalue weighted by Gasteiger charge is 2.45. The Hall–Kier alpha value is -3.45. The highest BCUT2D eigenvalue weighted by molar-refractivity contribution is 5.90. The Kier molecular flexibility index (Phi) is 6.79. The second-order valence-corrected chi connectivity index (χ2v) is 8.87. The molecule has 1 aliphatic heterocycles. The minimum absolute atomic E-state index is 0.0764. The average molecular weight is 441 g/mol. The maximum Gasteiger partial charge on any atom is 0.248 e. The smallest absolute Gasteiger partial charge is 0.248 e. The Bertz CT molecular complexity index is 1020. The number of aliphatic hydroxyl groups excluding tert-OH is 1. The fraction of sp³-hybridized carbons (Fsp3) is 0.500. The highest BCUT2D eigenvalue weighted by Crippen LogP contribution is 2.34. The van der Waals surface area contributed by atoms with Gasteiger partial charge in [0.05, 0.1) is 17.9 Å². The number of nitriles is 1. The summed E-state index contributed by atoms with van der Waals surface area (Å²) in [7, 11) is 1.51. The van der Waals surface area contributed by atoms with Gasteiger partial charge in [-0.1, -0.05) is 38.1 Å². The Labute approximate surface area is 186 Å². The van der Waals surface area contributed by atoms with Gasteiger partial charge in [-0.05, 0) is 17.5 Å². The number of rotatable bonds is 6. The standard InChI is InChI=1S/C22H28N6O4/c1-22(2,3)19(21(31)27-12-16(29)9-17(27)20(30)24-4)28-11-15(25-26-28)13-32-18-8-6-5-7-14(18)10-23/h5-8,11,16-17,19,29H,9,12-13H2,1-4H3,(H,24,30)/t16?,17-,19?/m1/s1. The predicted octanol–water partition coefficient (Wildman–Crippen LogP) is 1.02. The summed E-state index contributed by atoms with van der Waals surface area (Å²) in [5.74, 6) is -0.186. The molecule has 0 saturated carbocycles. The normalized spacial score (nSPS) is 19.3. The molecule has 1 aliphatic rings. The van der Waals surface area contributed by atoms with E-state index >= 15 is 0 Å². The van der Waals surface area contributed by atoms with Crippen LogP contribution in [0.5, 0.6) is 5.75 Å². The van der Waals surface area contributed by atoms with E-state index in [4.69, 9.17) is 4.74 Å². The summed E-state index contributed by atoms with van der Waals surface area (Å²) in [5.41, 5.74) is 0.358. The number of carbonyl (C=O) groups excluding carboxylic acids is 2. The molecule has 2 amide bonds. The molecular weight excluding hydrogens is 412 g/mol. The molecule has 2 N–H and O–H groups in total. The number of β-amino-alcohol motifs (C(OH)–C–C–N with tert-alkyl or cyclic N) is 1. The lowest BCUT2D eigenvalue weighted by Crippen LogP contribution is -2.49. The van der Waals surface area contributed by atoms with E-state index in [-0.39, 0.29) is 31.4 Å². The number of aromatic nitrogens is 3. The maximum absolute atomic E-state index is 13.5. The summed E-state index contributed by atoms with van der Waals surface area (Å²) in [6, 6.07) is 7.48. The number of hydrogen-bond donors (Lipinski definition) is 2. The van der Waals surface area contributed by atoms with E-state index in [2.05, 4.69) is 21.7 Å². The molecule has 3 atom stereocenters. The van der Waals surface area contributed by atoms with E-state index in [0.717, 1.165) is 0 Å². The Balaban J connectivity index is 1.82. The first-order valence-electron chi connectivity index (χ1n) is 10.4. The molecule has 0 bridgehead atoms. The summed E-state index contributed by atoms with van der Waals surface area (Å²) < 4.78 is 7.19. The predicted molar refractivity (Wildman–Crippen MR) is 114 cm³/mol. The third kappa shape index (κ3) is 4.89. The molecule has 1 aromatic heterocycles. The lowest BCUT2D eigenvalue weighted by Gasteiger charge is -2.34. The summed E-state index contributed by atoms with van der Waals surface area (Å²) in [6.45, 7) is 5.86. The molecule has 0 aliphatic carbocycles. The van der Waals surface area contributed by atoms with Gasteiger partial charge < -0.3 is 20.1 Å². The molecule has 32 heavy (non-hydrogen) atoms. The lowest BCUT2D eigenvalue weighted by atomic mass is 9.85. The van der Waals surface area contributed by atoms with Crippen molar-refractivity contribution < 1.29 is 19.4 Å². The minimum atomic E-state index is -0.762.